The SMILES string of the molecule is COC(=O)c1ccc(CN2CCC(O)(C(F)(F)F)CC2)cc1. The predicted molar refractivity (Wildman–Crippen MR) is 73.3 cm³/mol. The summed E-state index contributed by atoms with van der Waals surface area (Å²) in [6, 6.07) is 6.74. The Morgan fingerprint density at radius 1 is 1.27 bits per heavy atom. The van der Waals surface area contributed by atoms with E-state index in [-0.39, 0.29) is 25.9 Å². The average molecular weight is 317 g/mol. The lowest BCUT2D eigenvalue weighted by Gasteiger charge is -2.39. The van der Waals surface area contributed by atoms with Gasteiger partial charge in [0, 0.05) is 19.6 Å². The van der Waals surface area contributed by atoms with Crippen molar-refractivity contribution in [2.24, 2.45) is 0 Å². The van der Waals surface area contributed by atoms with Gasteiger partial charge in [-0.05, 0) is 30.5 Å². The molecule has 0 atom stereocenters. The molecule has 1 heterocycles. The first-order valence-corrected chi connectivity index (χ1v) is 6.94. The highest BCUT2D eigenvalue weighted by Crippen LogP contribution is 2.38. The minimum Gasteiger partial charge on any atom is -0.465 e. The maximum Gasteiger partial charge on any atom is 0.417 e. The molecule has 0 bridgehead atoms. The number of benzene rings is 1. The van der Waals surface area contributed by atoms with E-state index in [9.17, 15) is 23.1 Å². The molecule has 0 amide bonds. The van der Waals surface area contributed by atoms with Crippen LogP contribution in [0.4, 0.5) is 13.2 Å². The van der Waals surface area contributed by atoms with Gasteiger partial charge in [-0.15, -0.1) is 0 Å². The molecule has 0 saturated carbocycles. The Labute approximate surface area is 126 Å². The summed E-state index contributed by atoms with van der Waals surface area (Å²) in [4.78, 5) is 13.2. The third-order valence-corrected chi connectivity index (χ3v) is 3.99. The van der Waals surface area contributed by atoms with E-state index in [0.29, 0.717) is 12.1 Å². The van der Waals surface area contributed by atoms with Crippen LogP contribution >= 0.6 is 0 Å². The van der Waals surface area contributed by atoms with Crippen LogP contribution < -0.4 is 0 Å². The van der Waals surface area contributed by atoms with Crippen molar-refractivity contribution >= 4 is 5.97 Å². The maximum absolute atomic E-state index is 12.7. The van der Waals surface area contributed by atoms with Crippen LogP contribution in [0.15, 0.2) is 24.3 Å². The number of halogens is 3. The van der Waals surface area contributed by atoms with E-state index in [0.717, 1.165) is 5.56 Å². The molecule has 0 unspecified atom stereocenters. The number of alkyl halides is 3. The fourth-order valence-corrected chi connectivity index (χ4v) is 2.49. The van der Waals surface area contributed by atoms with Crippen molar-refractivity contribution in [1.82, 2.24) is 4.90 Å². The lowest BCUT2D eigenvalue weighted by Crippen LogP contribution is -2.53. The number of ether oxygens (including phenoxy) is 1. The molecular formula is C15H18F3NO3. The van der Waals surface area contributed by atoms with Crippen molar-refractivity contribution in [3.8, 4) is 0 Å². The van der Waals surface area contributed by atoms with Crippen molar-refractivity contribution in [3.05, 3.63) is 35.4 Å². The smallest absolute Gasteiger partial charge is 0.417 e. The predicted octanol–water partition coefficient (Wildman–Crippen LogP) is 2.36. The van der Waals surface area contributed by atoms with E-state index >= 15 is 0 Å². The lowest BCUT2D eigenvalue weighted by molar-refractivity contribution is -0.272. The summed E-state index contributed by atoms with van der Waals surface area (Å²) in [5.41, 5.74) is -1.25. The summed E-state index contributed by atoms with van der Waals surface area (Å²) in [5, 5.41) is 9.61. The van der Waals surface area contributed by atoms with Crippen LogP contribution in [-0.4, -0.2) is 48.0 Å². The zero-order valence-electron chi connectivity index (χ0n) is 12.2. The van der Waals surface area contributed by atoms with Crippen LogP contribution in [-0.2, 0) is 11.3 Å². The Hall–Kier alpha value is -1.60. The van der Waals surface area contributed by atoms with Gasteiger partial charge in [-0.3, -0.25) is 4.90 Å². The number of esters is 1. The van der Waals surface area contributed by atoms with Gasteiger partial charge in [0.05, 0.1) is 12.7 Å². The van der Waals surface area contributed by atoms with Crippen LogP contribution in [0.25, 0.3) is 0 Å². The first kappa shape index (κ1) is 16.8. The van der Waals surface area contributed by atoms with Gasteiger partial charge in [0.15, 0.2) is 5.60 Å². The highest BCUT2D eigenvalue weighted by atomic mass is 19.4. The highest BCUT2D eigenvalue weighted by Gasteiger charge is 2.54. The summed E-state index contributed by atoms with van der Waals surface area (Å²) in [6.07, 6.45) is -5.23. The number of aliphatic hydroxyl groups is 1. The first-order valence-electron chi connectivity index (χ1n) is 6.94. The van der Waals surface area contributed by atoms with Crippen LogP contribution in [0.5, 0.6) is 0 Å². The molecular weight excluding hydrogens is 299 g/mol. The fourth-order valence-electron chi connectivity index (χ4n) is 2.49. The molecule has 1 aliphatic rings. The summed E-state index contributed by atoms with van der Waals surface area (Å²) in [6.45, 7) is 0.832. The molecule has 2 rings (SSSR count). The minimum atomic E-state index is -4.58. The number of nitrogens with zero attached hydrogens (tertiary/aromatic N) is 1. The van der Waals surface area contributed by atoms with E-state index in [1.807, 2.05) is 4.90 Å². The van der Waals surface area contributed by atoms with Gasteiger partial charge >= 0.3 is 12.1 Å². The van der Waals surface area contributed by atoms with Gasteiger partial charge in [0.25, 0.3) is 0 Å². The normalized spacial score (nSPS) is 19.0. The summed E-state index contributed by atoms with van der Waals surface area (Å²) in [7, 11) is 1.30. The molecule has 0 spiro atoms. The minimum absolute atomic E-state index is 0.175. The van der Waals surface area contributed by atoms with E-state index in [1.165, 1.54) is 7.11 Å². The third-order valence-electron chi connectivity index (χ3n) is 3.99. The lowest BCUT2D eigenvalue weighted by atomic mass is 9.90. The number of piperidine rings is 1. The highest BCUT2D eigenvalue weighted by molar-refractivity contribution is 5.89. The number of rotatable bonds is 3. The van der Waals surface area contributed by atoms with Crippen molar-refractivity contribution in [2.45, 2.75) is 31.2 Å². The zero-order valence-corrected chi connectivity index (χ0v) is 12.2. The Balaban J connectivity index is 1.92. The second-order valence-corrected chi connectivity index (χ2v) is 5.49. The molecule has 122 valence electrons. The van der Waals surface area contributed by atoms with E-state index in [1.54, 1.807) is 24.3 Å². The molecule has 1 fully saturated rings. The number of carbonyl (C=O) groups excluding carboxylic acids is 1. The van der Waals surface area contributed by atoms with Crippen LogP contribution in [0.2, 0.25) is 0 Å². The largest absolute Gasteiger partial charge is 0.465 e. The van der Waals surface area contributed by atoms with Gasteiger partial charge < -0.3 is 9.84 Å². The molecule has 0 aromatic heterocycles. The third kappa shape index (κ3) is 3.59. The van der Waals surface area contributed by atoms with Gasteiger partial charge in [-0.1, -0.05) is 12.1 Å². The van der Waals surface area contributed by atoms with Gasteiger partial charge in [0.1, 0.15) is 0 Å². The van der Waals surface area contributed by atoms with Crippen LogP contribution in [0.3, 0.4) is 0 Å². The monoisotopic (exact) mass is 317 g/mol. The molecule has 4 nitrogen and oxygen atoms in total. The summed E-state index contributed by atoms with van der Waals surface area (Å²) in [5.74, 6) is -0.431. The molecule has 0 aliphatic carbocycles. The van der Waals surface area contributed by atoms with Crippen LogP contribution in [0, 0.1) is 0 Å². The Kier molecular flexibility index (Phi) is 4.77. The van der Waals surface area contributed by atoms with Crippen LogP contribution in [0.1, 0.15) is 28.8 Å². The molecule has 1 aliphatic heterocycles. The zero-order chi connectivity index (χ0) is 16.4. The molecule has 7 heteroatoms. The second-order valence-electron chi connectivity index (χ2n) is 5.49. The Morgan fingerprint density at radius 2 is 1.82 bits per heavy atom. The average Bonchev–Trinajstić information content (AvgIpc) is 2.48. The molecule has 0 radical (unpaired) electrons. The molecule has 1 aromatic rings. The van der Waals surface area contributed by atoms with Crippen molar-refractivity contribution in [2.75, 3.05) is 20.2 Å². The standard InChI is InChI=1S/C15H18F3NO3/c1-22-13(20)12-4-2-11(3-5-12)10-19-8-6-14(21,7-9-19)15(16,17)18/h2-5,21H,6-10H2,1H3. The molecule has 1 N–H and O–H groups in total. The number of likely N-dealkylation sites (tertiary alicyclic amines) is 1. The van der Waals surface area contributed by atoms with Crippen molar-refractivity contribution < 1.29 is 27.8 Å². The number of hydrogen-bond donors (Lipinski definition) is 1. The number of methoxy groups -OCH3 is 1. The van der Waals surface area contributed by atoms with Gasteiger partial charge in [-0.25, -0.2) is 4.79 Å². The maximum atomic E-state index is 12.7. The van der Waals surface area contributed by atoms with Crippen molar-refractivity contribution in [3.63, 3.8) is 0 Å². The Bertz CT molecular complexity index is 520. The Morgan fingerprint density at radius 3 is 2.27 bits per heavy atom. The fraction of sp³-hybridized carbons (Fsp3) is 0.533. The van der Waals surface area contributed by atoms with Crippen molar-refractivity contribution in [1.29, 1.82) is 0 Å². The number of hydrogen-bond acceptors (Lipinski definition) is 4. The summed E-state index contributed by atoms with van der Waals surface area (Å²) >= 11 is 0. The second kappa shape index (κ2) is 6.26. The van der Waals surface area contributed by atoms with E-state index in [2.05, 4.69) is 4.74 Å². The molecule has 1 saturated heterocycles. The van der Waals surface area contributed by atoms with E-state index < -0.39 is 17.7 Å². The first-order chi connectivity index (χ1) is 10.2. The van der Waals surface area contributed by atoms with Gasteiger partial charge in [-0.2, -0.15) is 13.2 Å². The number of carbonyl (C=O) groups is 1. The van der Waals surface area contributed by atoms with Gasteiger partial charge in [0.2, 0.25) is 0 Å². The summed E-state index contributed by atoms with van der Waals surface area (Å²) < 4.78 is 42.8. The molecule has 22 heavy (non-hydrogen) atoms. The topological polar surface area (TPSA) is 49.8 Å². The molecule has 1 aromatic carbocycles. The van der Waals surface area contributed by atoms with E-state index in [4.69, 9.17) is 0 Å². The quantitative estimate of drug-likeness (QED) is 0.870.